The van der Waals surface area contributed by atoms with E-state index < -0.39 is 0 Å². The lowest BCUT2D eigenvalue weighted by molar-refractivity contribution is 1.46. The molecule has 3 aromatic rings. The van der Waals surface area contributed by atoms with Crippen LogP contribution in [0.3, 0.4) is 0 Å². The summed E-state index contributed by atoms with van der Waals surface area (Å²) < 4.78 is 0. The van der Waals surface area contributed by atoms with E-state index in [1.165, 1.54) is 0 Å². The predicted molar refractivity (Wildman–Crippen MR) is 97.6 cm³/mol. The van der Waals surface area contributed by atoms with Crippen LogP contribution >= 0.6 is 0 Å². The molecule has 0 aliphatic rings. The van der Waals surface area contributed by atoms with Crippen LogP contribution in [0.1, 0.15) is 11.1 Å². The molecule has 0 saturated heterocycles. The summed E-state index contributed by atoms with van der Waals surface area (Å²) in [7, 11) is 0. The van der Waals surface area contributed by atoms with Gasteiger partial charge in [0.25, 0.3) is 0 Å². The fourth-order valence-electron chi connectivity index (χ4n) is 2.57. The summed E-state index contributed by atoms with van der Waals surface area (Å²) in [6.07, 6.45) is 3.75. The molecule has 0 saturated carbocycles. The Bertz CT molecular complexity index is 997. The van der Waals surface area contributed by atoms with Crippen molar-refractivity contribution in [2.24, 2.45) is 0 Å². The van der Waals surface area contributed by atoms with Gasteiger partial charge in [0.15, 0.2) is 0 Å². The third-order valence-corrected chi connectivity index (χ3v) is 3.80. The fourth-order valence-corrected chi connectivity index (χ4v) is 2.57. The summed E-state index contributed by atoms with van der Waals surface area (Å²) in [5.41, 5.74) is 2.62. The SMILES string of the molecule is N#CC(C#N)=C(/C=C/c1ccccc1)c1ccc2ccccc2c1. The van der Waals surface area contributed by atoms with Gasteiger partial charge in [-0.3, -0.25) is 0 Å². The smallest absolute Gasteiger partial charge is 0.137 e. The number of hydrogen-bond acceptors (Lipinski definition) is 2. The summed E-state index contributed by atoms with van der Waals surface area (Å²) in [6, 6.07) is 27.8. The van der Waals surface area contributed by atoms with E-state index in [4.69, 9.17) is 0 Å². The highest BCUT2D eigenvalue weighted by Crippen LogP contribution is 2.25. The molecular weight excluding hydrogens is 292 g/mol. The highest BCUT2D eigenvalue weighted by Gasteiger charge is 2.07. The molecule has 0 amide bonds. The van der Waals surface area contributed by atoms with Crippen LogP contribution < -0.4 is 0 Å². The van der Waals surface area contributed by atoms with Crippen LogP contribution in [0.4, 0.5) is 0 Å². The molecule has 2 nitrogen and oxygen atoms in total. The minimum atomic E-state index is 0.109. The summed E-state index contributed by atoms with van der Waals surface area (Å²) in [5.74, 6) is 0. The quantitative estimate of drug-likeness (QED) is 0.483. The normalized spacial score (nSPS) is 10.2. The first kappa shape index (κ1) is 15.3. The van der Waals surface area contributed by atoms with E-state index in [9.17, 15) is 10.5 Å². The molecule has 0 spiro atoms. The summed E-state index contributed by atoms with van der Waals surface area (Å²) in [5, 5.41) is 20.8. The zero-order chi connectivity index (χ0) is 16.8. The summed E-state index contributed by atoms with van der Waals surface area (Å²) in [4.78, 5) is 0. The minimum absolute atomic E-state index is 0.109. The van der Waals surface area contributed by atoms with Gasteiger partial charge < -0.3 is 0 Å². The second-order valence-electron chi connectivity index (χ2n) is 5.32. The van der Waals surface area contributed by atoms with E-state index in [1.54, 1.807) is 0 Å². The number of fused-ring (bicyclic) bond motifs is 1. The first-order valence-electron chi connectivity index (χ1n) is 7.58. The van der Waals surface area contributed by atoms with Gasteiger partial charge in [-0.05, 0) is 28.0 Å². The number of benzene rings is 3. The van der Waals surface area contributed by atoms with Gasteiger partial charge in [-0.1, -0.05) is 78.9 Å². The molecule has 0 N–H and O–H groups in total. The average molecular weight is 306 g/mol. The molecule has 0 aliphatic carbocycles. The van der Waals surface area contributed by atoms with Gasteiger partial charge in [-0.25, -0.2) is 0 Å². The first-order chi connectivity index (χ1) is 11.8. The van der Waals surface area contributed by atoms with Crippen LogP contribution in [0.25, 0.3) is 22.4 Å². The predicted octanol–water partition coefficient (Wildman–Crippen LogP) is 5.35. The van der Waals surface area contributed by atoms with Crippen molar-refractivity contribution >= 4 is 22.4 Å². The van der Waals surface area contributed by atoms with Gasteiger partial charge in [-0.15, -0.1) is 0 Å². The molecule has 3 aromatic carbocycles. The lowest BCUT2D eigenvalue weighted by Gasteiger charge is -2.06. The van der Waals surface area contributed by atoms with Gasteiger partial charge >= 0.3 is 0 Å². The van der Waals surface area contributed by atoms with Crippen molar-refractivity contribution in [3.63, 3.8) is 0 Å². The molecule has 0 atom stereocenters. The van der Waals surface area contributed by atoms with E-state index in [0.29, 0.717) is 5.57 Å². The minimum Gasteiger partial charge on any atom is -0.192 e. The zero-order valence-electron chi connectivity index (χ0n) is 13.0. The lowest BCUT2D eigenvalue weighted by Crippen LogP contribution is -1.87. The van der Waals surface area contributed by atoms with Crippen LogP contribution in [0.5, 0.6) is 0 Å². The van der Waals surface area contributed by atoms with Crippen molar-refractivity contribution in [2.75, 3.05) is 0 Å². The van der Waals surface area contributed by atoms with E-state index in [2.05, 4.69) is 0 Å². The Morgan fingerprint density at radius 1 is 0.750 bits per heavy atom. The number of hydrogen-bond donors (Lipinski definition) is 0. The Hall–Kier alpha value is -3.62. The number of nitriles is 2. The standard InChI is InChI=1S/C22H14N2/c23-15-21(16-24)22(13-10-17-6-2-1-3-7-17)20-12-11-18-8-4-5-9-19(18)14-20/h1-14H/b13-10+. The van der Waals surface area contributed by atoms with E-state index in [1.807, 2.05) is 97.1 Å². The second-order valence-corrected chi connectivity index (χ2v) is 5.32. The molecule has 0 fully saturated rings. The molecule has 0 bridgehead atoms. The zero-order valence-corrected chi connectivity index (χ0v) is 13.0. The Kier molecular flexibility index (Phi) is 4.52. The topological polar surface area (TPSA) is 47.6 Å². The van der Waals surface area contributed by atoms with Crippen molar-refractivity contribution in [1.29, 1.82) is 10.5 Å². The Morgan fingerprint density at radius 2 is 1.42 bits per heavy atom. The molecular formula is C22H14N2. The Labute approximate surface area is 141 Å². The van der Waals surface area contributed by atoms with Gasteiger partial charge in [0.2, 0.25) is 0 Å². The van der Waals surface area contributed by atoms with Gasteiger partial charge in [0, 0.05) is 5.57 Å². The molecule has 0 radical (unpaired) electrons. The van der Waals surface area contributed by atoms with Crippen molar-refractivity contribution in [1.82, 2.24) is 0 Å². The highest BCUT2D eigenvalue weighted by atomic mass is 14.3. The van der Waals surface area contributed by atoms with Crippen molar-refractivity contribution in [2.45, 2.75) is 0 Å². The molecule has 3 rings (SSSR count). The van der Waals surface area contributed by atoms with Crippen LogP contribution in [0, 0.1) is 22.7 Å². The molecule has 24 heavy (non-hydrogen) atoms. The number of rotatable bonds is 3. The summed E-state index contributed by atoms with van der Waals surface area (Å²) in [6.45, 7) is 0. The second kappa shape index (κ2) is 7.09. The highest BCUT2D eigenvalue weighted by molar-refractivity contribution is 5.91. The maximum atomic E-state index is 9.30. The van der Waals surface area contributed by atoms with Gasteiger partial charge in [0.1, 0.15) is 17.7 Å². The third-order valence-electron chi connectivity index (χ3n) is 3.80. The average Bonchev–Trinajstić information content (AvgIpc) is 2.65. The van der Waals surface area contributed by atoms with E-state index in [-0.39, 0.29) is 5.57 Å². The van der Waals surface area contributed by atoms with Gasteiger partial charge in [0.05, 0.1) is 0 Å². The van der Waals surface area contributed by atoms with Crippen molar-refractivity contribution < 1.29 is 0 Å². The lowest BCUT2D eigenvalue weighted by atomic mass is 9.97. The van der Waals surface area contributed by atoms with Crippen LogP contribution in [-0.2, 0) is 0 Å². The van der Waals surface area contributed by atoms with Crippen LogP contribution in [0.2, 0.25) is 0 Å². The van der Waals surface area contributed by atoms with Crippen molar-refractivity contribution in [3.05, 3.63) is 95.6 Å². The first-order valence-corrected chi connectivity index (χ1v) is 7.58. The molecule has 0 unspecified atom stereocenters. The van der Waals surface area contributed by atoms with Crippen LogP contribution in [0.15, 0.2) is 84.4 Å². The summed E-state index contributed by atoms with van der Waals surface area (Å²) >= 11 is 0. The molecule has 0 aromatic heterocycles. The van der Waals surface area contributed by atoms with Gasteiger partial charge in [-0.2, -0.15) is 10.5 Å². The van der Waals surface area contributed by atoms with E-state index >= 15 is 0 Å². The Balaban J connectivity index is 2.11. The molecule has 112 valence electrons. The fraction of sp³-hybridized carbons (Fsp3) is 0. The maximum Gasteiger partial charge on any atom is 0.137 e. The Morgan fingerprint density at radius 3 is 2.12 bits per heavy atom. The number of allylic oxidation sites excluding steroid dienone is 3. The third kappa shape index (κ3) is 3.24. The molecule has 0 aliphatic heterocycles. The maximum absolute atomic E-state index is 9.30. The van der Waals surface area contributed by atoms with E-state index in [0.717, 1.165) is 21.9 Å². The van der Waals surface area contributed by atoms with Crippen molar-refractivity contribution in [3.8, 4) is 12.1 Å². The molecule has 0 heterocycles. The largest absolute Gasteiger partial charge is 0.192 e. The van der Waals surface area contributed by atoms with Crippen LogP contribution in [-0.4, -0.2) is 0 Å². The molecule has 2 heteroatoms. The monoisotopic (exact) mass is 306 g/mol. The number of nitrogens with zero attached hydrogens (tertiary/aromatic N) is 2.